The summed E-state index contributed by atoms with van der Waals surface area (Å²) in [6.07, 6.45) is -3.41. The van der Waals surface area contributed by atoms with Gasteiger partial charge in [-0.3, -0.25) is 4.98 Å². The van der Waals surface area contributed by atoms with E-state index >= 15 is 0 Å². The SMILES string of the molecule is CCS(=O)(=O)c1cc(-c2ncccn2)cnc1-c1nnc(C(F)(F)C(F)(F)C(F)(F)C(F)(F)F)n1C. The van der Waals surface area contributed by atoms with Gasteiger partial charge in [-0.1, -0.05) is 6.92 Å². The largest absolute Gasteiger partial charge is 0.460 e. The van der Waals surface area contributed by atoms with Crippen molar-refractivity contribution in [2.75, 3.05) is 5.75 Å². The molecular weight excluding hydrogens is 535 g/mol. The molecule has 3 aromatic heterocycles. The van der Waals surface area contributed by atoms with Gasteiger partial charge < -0.3 is 4.57 Å². The van der Waals surface area contributed by atoms with Crippen LogP contribution >= 0.6 is 0 Å². The van der Waals surface area contributed by atoms with Crippen molar-refractivity contribution in [3.05, 3.63) is 36.5 Å². The summed E-state index contributed by atoms with van der Waals surface area (Å²) in [6, 6.07) is 2.43. The van der Waals surface area contributed by atoms with Crippen molar-refractivity contribution in [2.45, 2.75) is 35.8 Å². The van der Waals surface area contributed by atoms with Gasteiger partial charge in [0.25, 0.3) is 0 Å². The quantitative estimate of drug-likeness (QED) is 0.411. The Hall–Kier alpha value is -3.31. The van der Waals surface area contributed by atoms with Gasteiger partial charge in [0.1, 0.15) is 5.69 Å². The Bertz CT molecular complexity index is 1380. The Labute approximate surface area is 196 Å². The van der Waals surface area contributed by atoms with E-state index < -0.39 is 61.8 Å². The van der Waals surface area contributed by atoms with Crippen molar-refractivity contribution in [1.29, 1.82) is 0 Å². The zero-order chi connectivity index (χ0) is 27.3. The predicted molar refractivity (Wildman–Crippen MR) is 103 cm³/mol. The normalized spacial score (nSPS) is 13.8. The number of rotatable bonds is 7. The van der Waals surface area contributed by atoms with E-state index in [4.69, 9.17) is 0 Å². The molecule has 0 fully saturated rings. The fraction of sp³-hybridized carbons (Fsp3) is 0.389. The van der Waals surface area contributed by atoms with Crippen LogP contribution in [0.2, 0.25) is 0 Å². The molecule has 3 aromatic rings. The van der Waals surface area contributed by atoms with Gasteiger partial charge in [-0.05, 0) is 12.1 Å². The lowest BCUT2D eigenvalue weighted by Gasteiger charge is -2.32. The number of alkyl halides is 9. The van der Waals surface area contributed by atoms with Gasteiger partial charge in [0.05, 0.1) is 10.6 Å². The number of nitrogens with zero attached hydrogens (tertiary/aromatic N) is 6. The van der Waals surface area contributed by atoms with Crippen LogP contribution in [0.25, 0.3) is 22.9 Å². The summed E-state index contributed by atoms with van der Waals surface area (Å²) in [4.78, 5) is 10.9. The molecule has 0 aliphatic carbocycles. The zero-order valence-electron chi connectivity index (χ0n) is 17.9. The van der Waals surface area contributed by atoms with E-state index in [1.807, 2.05) is 0 Å². The maximum absolute atomic E-state index is 14.4. The van der Waals surface area contributed by atoms with Crippen molar-refractivity contribution in [2.24, 2.45) is 7.05 Å². The molecule has 196 valence electrons. The molecule has 0 spiro atoms. The highest BCUT2D eigenvalue weighted by Gasteiger charge is 2.83. The molecule has 0 saturated heterocycles. The molecule has 36 heavy (non-hydrogen) atoms. The lowest BCUT2D eigenvalue weighted by molar-refractivity contribution is -0.401. The molecule has 3 rings (SSSR count). The van der Waals surface area contributed by atoms with Crippen LogP contribution in [-0.4, -0.2) is 61.9 Å². The van der Waals surface area contributed by atoms with Crippen molar-refractivity contribution in [3.8, 4) is 22.9 Å². The van der Waals surface area contributed by atoms with E-state index in [9.17, 15) is 47.9 Å². The first-order valence-electron chi connectivity index (χ1n) is 9.50. The molecule has 0 saturated carbocycles. The highest BCUT2D eigenvalue weighted by Crippen LogP contribution is 2.56. The van der Waals surface area contributed by atoms with Crippen molar-refractivity contribution in [1.82, 2.24) is 29.7 Å². The Balaban J connectivity index is 2.21. The third kappa shape index (κ3) is 4.16. The fourth-order valence-electron chi connectivity index (χ4n) is 2.90. The molecule has 0 amide bonds. The summed E-state index contributed by atoms with van der Waals surface area (Å²) >= 11 is 0. The van der Waals surface area contributed by atoms with Crippen molar-refractivity contribution >= 4 is 9.84 Å². The highest BCUT2D eigenvalue weighted by atomic mass is 32.2. The average Bonchev–Trinajstić information content (AvgIpc) is 3.20. The average molecular weight is 548 g/mol. The smallest absolute Gasteiger partial charge is 0.307 e. The van der Waals surface area contributed by atoms with Gasteiger partial charge >= 0.3 is 23.9 Å². The van der Waals surface area contributed by atoms with Crippen LogP contribution in [0.1, 0.15) is 12.7 Å². The highest BCUT2D eigenvalue weighted by molar-refractivity contribution is 7.91. The predicted octanol–water partition coefficient (Wildman–Crippen LogP) is 4.05. The van der Waals surface area contributed by atoms with Gasteiger partial charge in [-0.25, -0.2) is 18.4 Å². The van der Waals surface area contributed by atoms with Gasteiger partial charge in [0.15, 0.2) is 21.5 Å². The topological polar surface area (TPSA) is 104 Å². The fourth-order valence-corrected chi connectivity index (χ4v) is 3.96. The minimum absolute atomic E-state index is 0.00307. The molecule has 0 unspecified atom stereocenters. The van der Waals surface area contributed by atoms with Crippen LogP contribution in [-0.2, 0) is 22.8 Å². The van der Waals surface area contributed by atoms with Gasteiger partial charge in [-0.2, -0.15) is 39.5 Å². The summed E-state index contributed by atoms with van der Waals surface area (Å²) in [6.45, 7) is 1.21. The minimum atomic E-state index is -7.15. The molecule has 0 radical (unpaired) electrons. The van der Waals surface area contributed by atoms with E-state index in [1.54, 1.807) is 0 Å². The van der Waals surface area contributed by atoms with E-state index in [-0.39, 0.29) is 16.0 Å². The molecule has 0 atom stereocenters. The third-order valence-electron chi connectivity index (χ3n) is 4.90. The number of pyridine rings is 1. The molecule has 0 bridgehead atoms. The Morgan fingerprint density at radius 3 is 2.00 bits per heavy atom. The second kappa shape index (κ2) is 8.67. The first-order valence-corrected chi connectivity index (χ1v) is 11.2. The van der Waals surface area contributed by atoms with Crippen LogP contribution in [0.4, 0.5) is 39.5 Å². The first kappa shape index (κ1) is 27.3. The summed E-state index contributed by atoms with van der Waals surface area (Å²) in [5, 5.41) is 5.81. The summed E-state index contributed by atoms with van der Waals surface area (Å²) in [5.41, 5.74) is -0.671. The molecular formula is C18H13F9N6O2S. The van der Waals surface area contributed by atoms with Crippen molar-refractivity contribution in [3.63, 3.8) is 0 Å². The molecule has 0 N–H and O–H groups in total. The van der Waals surface area contributed by atoms with Crippen molar-refractivity contribution < 1.29 is 47.9 Å². The second-order valence-electron chi connectivity index (χ2n) is 7.17. The molecule has 0 aliphatic rings. The van der Waals surface area contributed by atoms with Gasteiger partial charge in [0, 0.05) is 31.2 Å². The second-order valence-corrected chi connectivity index (χ2v) is 9.42. The first-order chi connectivity index (χ1) is 16.4. The van der Waals surface area contributed by atoms with Gasteiger partial charge in [-0.15, -0.1) is 10.2 Å². The standard InChI is InChI=1S/C18H13F9N6O2S/c1-3-36(34,35)10-7-9(12-28-5-4-6-29-12)8-30-11(10)13-31-32-14(33(13)2)15(19,20)16(21,22)17(23,24)18(25,26)27/h4-8H,3H2,1-2H3. The lowest BCUT2D eigenvalue weighted by atomic mass is 10.0. The number of halogens is 9. The van der Waals surface area contributed by atoms with E-state index in [0.717, 1.165) is 12.3 Å². The van der Waals surface area contributed by atoms with E-state index in [0.29, 0.717) is 7.05 Å². The van der Waals surface area contributed by atoms with E-state index in [1.165, 1.54) is 25.4 Å². The van der Waals surface area contributed by atoms with Crippen LogP contribution in [0.3, 0.4) is 0 Å². The third-order valence-corrected chi connectivity index (χ3v) is 6.65. The maximum Gasteiger partial charge on any atom is 0.460 e. The Kier molecular flexibility index (Phi) is 6.57. The molecule has 0 aliphatic heterocycles. The number of hydrogen-bond acceptors (Lipinski definition) is 7. The summed E-state index contributed by atoms with van der Waals surface area (Å²) in [7, 11) is -3.68. The Morgan fingerprint density at radius 1 is 0.889 bits per heavy atom. The number of aromatic nitrogens is 6. The number of hydrogen-bond donors (Lipinski definition) is 0. The molecule has 8 nitrogen and oxygen atoms in total. The van der Waals surface area contributed by atoms with Crippen LogP contribution in [0.15, 0.2) is 35.6 Å². The van der Waals surface area contributed by atoms with Crippen LogP contribution < -0.4 is 0 Å². The zero-order valence-corrected chi connectivity index (χ0v) is 18.7. The molecule has 0 aromatic carbocycles. The number of sulfone groups is 1. The lowest BCUT2D eigenvalue weighted by Crippen LogP contribution is -2.60. The van der Waals surface area contributed by atoms with Crippen LogP contribution in [0.5, 0.6) is 0 Å². The Morgan fingerprint density at radius 2 is 1.47 bits per heavy atom. The van der Waals surface area contributed by atoms with Gasteiger partial charge in [0.2, 0.25) is 5.82 Å². The van der Waals surface area contributed by atoms with Crippen LogP contribution in [0, 0.1) is 0 Å². The summed E-state index contributed by atoms with van der Waals surface area (Å²) in [5.74, 6) is -24.1. The monoisotopic (exact) mass is 548 g/mol. The summed E-state index contributed by atoms with van der Waals surface area (Å²) < 4.78 is 146. The maximum atomic E-state index is 14.4. The minimum Gasteiger partial charge on any atom is -0.307 e. The molecule has 3 heterocycles. The van der Waals surface area contributed by atoms with E-state index in [2.05, 4.69) is 25.1 Å². The molecule has 18 heteroatoms.